The van der Waals surface area contributed by atoms with E-state index in [-0.39, 0.29) is 6.10 Å². The highest BCUT2D eigenvalue weighted by atomic mass is 32.2. The highest BCUT2D eigenvalue weighted by molar-refractivity contribution is 7.98. The number of fused-ring (bicyclic) bond motifs is 1. The fourth-order valence-electron chi connectivity index (χ4n) is 3.79. The van der Waals surface area contributed by atoms with Gasteiger partial charge in [0.2, 0.25) is 0 Å². The zero-order chi connectivity index (χ0) is 20.5. The van der Waals surface area contributed by atoms with E-state index >= 15 is 0 Å². The van der Waals surface area contributed by atoms with Gasteiger partial charge in [0.05, 0.1) is 23.2 Å². The van der Waals surface area contributed by atoms with Gasteiger partial charge in [-0.3, -0.25) is 4.57 Å². The van der Waals surface area contributed by atoms with Gasteiger partial charge in [0.1, 0.15) is 4.83 Å². The molecular weight excluding hydrogens is 414 g/mol. The SMILES string of the molecule is Cc1cccc(CSc2nnc(-c3sc4ncccc4c3N)n2C[C@@H]2CCCO2)c1. The van der Waals surface area contributed by atoms with Gasteiger partial charge in [0.15, 0.2) is 11.0 Å². The van der Waals surface area contributed by atoms with Crippen molar-refractivity contribution in [3.8, 4) is 10.7 Å². The van der Waals surface area contributed by atoms with Crippen molar-refractivity contribution >= 4 is 39.0 Å². The van der Waals surface area contributed by atoms with Gasteiger partial charge in [-0.1, -0.05) is 41.6 Å². The zero-order valence-corrected chi connectivity index (χ0v) is 18.4. The maximum absolute atomic E-state index is 6.49. The predicted octanol–water partition coefficient (Wildman–Crippen LogP) is 4.92. The molecule has 0 saturated carbocycles. The zero-order valence-electron chi connectivity index (χ0n) is 16.7. The number of thioether (sulfide) groups is 1. The Kier molecular flexibility index (Phi) is 5.45. The van der Waals surface area contributed by atoms with Crippen molar-refractivity contribution in [3.63, 3.8) is 0 Å². The number of benzene rings is 1. The lowest BCUT2D eigenvalue weighted by Gasteiger charge is -2.14. The molecule has 1 aromatic carbocycles. The van der Waals surface area contributed by atoms with Crippen molar-refractivity contribution in [2.75, 3.05) is 12.3 Å². The van der Waals surface area contributed by atoms with Crippen LogP contribution < -0.4 is 5.73 Å². The summed E-state index contributed by atoms with van der Waals surface area (Å²) in [5.74, 6) is 1.65. The standard InChI is InChI=1S/C22H23N5OS2/c1-14-5-2-6-15(11-14)13-29-22-26-25-20(27(22)12-16-7-4-10-28-16)19-18(23)17-8-3-9-24-21(17)30-19/h2-3,5-6,8-9,11,16H,4,7,10,12-13,23H2,1H3/t16-/m0/s1. The van der Waals surface area contributed by atoms with E-state index in [2.05, 4.69) is 50.9 Å². The van der Waals surface area contributed by atoms with E-state index in [0.29, 0.717) is 0 Å². The van der Waals surface area contributed by atoms with Crippen LogP contribution in [0.1, 0.15) is 24.0 Å². The second-order valence-electron chi connectivity index (χ2n) is 7.53. The quantitative estimate of drug-likeness (QED) is 0.432. The van der Waals surface area contributed by atoms with Gasteiger partial charge < -0.3 is 10.5 Å². The summed E-state index contributed by atoms with van der Waals surface area (Å²) < 4.78 is 8.09. The lowest BCUT2D eigenvalue weighted by molar-refractivity contribution is 0.0953. The highest BCUT2D eigenvalue weighted by Crippen LogP contribution is 2.40. The molecule has 0 spiro atoms. The molecule has 2 N–H and O–H groups in total. The number of nitrogens with two attached hydrogens (primary N) is 1. The maximum Gasteiger partial charge on any atom is 0.191 e. The molecule has 4 aromatic rings. The van der Waals surface area contributed by atoms with Crippen LogP contribution in [0.4, 0.5) is 5.69 Å². The van der Waals surface area contributed by atoms with Crippen LogP contribution in [0.5, 0.6) is 0 Å². The van der Waals surface area contributed by atoms with Gasteiger partial charge in [0, 0.05) is 23.9 Å². The van der Waals surface area contributed by atoms with Crippen molar-refractivity contribution in [2.45, 2.75) is 43.3 Å². The molecule has 0 aliphatic carbocycles. The van der Waals surface area contributed by atoms with Crippen LogP contribution in [0.25, 0.3) is 20.9 Å². The fraction of sp³-hybridized carbons (Fsp3) is 0.318. The van der Waals surface area contributed by atoms with Crippen LogP contribution >= 0.6 is 23.1 Å². The van der Waals surface area contributed by atoms with Gasteiger partial charge >= 0.3 is 0 Å². The first-order valence-electron chi connectivity index (χ1n) is 10.1. The molecular formula is C22H23N5OS2. The Bertz CT molecular complexity index is 1180. The molecule has 30 heavy (non-hydrogen) atoms. The Morgan fingerprint density at radius 1 is 1.27 bits per heavy atom. The molecule has 8 heteroatoms. The molecule has 0 amide bonds. The van der Waals surface area contributed by atoms with E-state index in [4.69, 9.17) is 10.5 Å². The number of aromatic nitrogens is 4. The molecule has 0 radical (unpaired) electrons. The number of hydrogen-bond acceptors (Lipinski definition) is 7. The normalized spacial score (nSPS) is 16.5. The van der Waals surface area contributed by atoms with Crippen molar-refractivity contribution in [1.29, 1.82) is 0 Å². The molecule has 6 nitrogen and oxygen atoms in total. The number of hydrogen-bond donors (Lipinski definition) is 1. The molecule has 3 aromatic heterocycles. The van der Waals surface area contributed by atoms with Crippen LogP contribution in [-0.2, 0) is 17.0 Å². The lowest BCUT2D eigenvalue weighted by Crippen LogP contribution is -2.16. The molecule has 0 bridgehead atoms. The third kappa shape index (κ3) is 3.82. The molecule has 0 unspecified atom stereocenters. The molecule has 1 fully saturated rings. The Labute approximate surface area is 183 Å². The highest BCUT2D eigenvalue weighted by Gasteiger charge is 2.24. The Morgan fingerprint density at radius 3 is 3.00 bits per heavy atom. The summed E-state index contributed by atoms with van der Waals surface area (Å²) in [6.07, 6.45) is 4.14. The number of nitrogens with zero attached hydrogens (tertiary/aromatic N) is 4. The van der Waals surface area contributed by atoms with Crippen molar-refractivity contribution in [1.82, 2.24) is 19.7 Å². The van der Waals surface area contributed by atoms with E-state index in [1.807, 2.05) is 12.1 Å². The monoisotopic (exact) mass is 437 g/mol. The Hall–Kier alpha value is -2.42. The van der Waals surface area contributed by atoms with E-state index in [1.165, 1.54) is 11.1 Å². The topological polar surface area (TPSA) is 78.9 Å². The Balaban J connectivity index is 1.50. The lowest BCUT2D eigenvalue weighted by atomic mass is 10.2. The van der Waals surface area contributed by atoms with E-state index < -0.39 is 0 Å². The van der Waals surface area contributed by atoms with E-state index in [9.17, 15) is 0 Å². The second kappa shape index (κ2) is 8.37. The average Bonchev–Trinajstić information content (AvgIpc) is 3.47. The largest absolute Gasteiger partial charge is 0.397 e. The van der Waals surface area contributed by atoms with Crippen LogP contribution in [-0.4, -0.2) is 32.5 Å². The maximum atomic E-state index is 6.49. The van der Waals surface area contributed by atoms with Crippen LogP contribution in [0, 0.1) is 6.92 Å². The number of rotatable bonds is 6. The van der Waals surface area contributed by atoms with Gasteiger partial charge in [-0.25, -0.2) is 4.98 Å². The third-order valence-electron chi connectivity index (χ3n) is 5.29. The van der Waals surface area contributed by atoms with E-state index in [0.717, 1.165) is 63.5 Å². The van der Waals surface area contributed by atoms with Gasteiger partial charge in [-0.05, 0) is 37.5 Å². The molecule has 4 heterocycles. The summed E-state index contributed by atoms with van der Waals surface area (Å²) in [6, 6.07) is 12.5. The van der Waals surface area contributed by atoms with Crippen LogP contribution in [0.3, 0.4) is 0 Å². The number of nitrogen functional groups attached to an aromatic ring is 1. The van der Waals surface area contributed by atoms with Crippen molar-refractivity contribution in [2.24, 2.45) is 0 Å². The number of thiophene rings is 1. The molecule has 1 aliphatic rings. The smallest absolute Gasteiger partial charge is 0.191 e. The fourth-order valence-corrected chi connectivity index (χ4v) is 5.73. The number of anilines is 1. The third-order valence-corrected chi connectivity index (χ3v) is 7.45. The summed E-state index contributed by atoms with van der Waals surface area (Å²) in [5.41, 5.74) is 9.75. The molecule has 1 atom stereocenters. The minimum Gasteiger partial charge on any atom is -0.397 e. The number of pyridine rings is 1. The average molecular weight is 438 g/mol. The number of aryl methyl sites for hydroxylation is 1. The van der Waals surface area contributed by atoms with Gasteiger partial charge in [-0.15, -0.1) is 21.5 Å². The summed E-state index contributed by atoms with van der Waals surface area (Å²) in [4.78, 5) is 6.31. The van der Waals surface area contributed by atoms with Gasteiger partial charge in [-0.2, -0.15) is 0 Å². The first-order chi connectivity index (χ1) is 14.7. The minimum atomic E-state index is 0.187. The van der Waals surface area contributed by atoms with E-state index in [1.54, 1.807) is 29.3 Å². The predicted molar refractivity (Wildman–Crippen MR) is 123 cm³/mol. The van der Waals surface area contributed by atoms with Crippen LogP contribution in [0.2, 0.25) is 0 Å². The summed E-state index contributed by atoms with van der Waals surface area (Å²) in [5, 5.41) is 11.0. The van der Waals surface area contributed by atoms with Crippen LogP contribution in [0.15, 0.2) is 47.8 Å². The number of ether oxygens (including phenoxy) is 1. The molecule has 1 saturated heterocycles. The van der Waals surface area contributed by atoms with Crippen molar-refractivity contribution < 1.29 is 4.74 Å². The summed E-state index contributed by atoms with van der Waals surface area (Å²) in [6.45, 7) is 3.67. The van der Waals surface area contributed by atoms with Crippen molar-refractivity contribution in [3.05, 3.63) is 53.7 Å². The van der Waals surface area contributed by atoms with Gasteiger partial charge in [0.25, 0.3) is 0 Å². The molecule has 154 valence electrons. The summed E-state index contributed by atoms with van der Waals surface area (Å²) in [7, 11) is 0. The Morgan fingerprint density at radius 2 is 2.20 bits per heavy atom. The second-order valence-corrected chi connectivity index (χ2v) is 9.47. The minimum absolute atomic E-state index is 0.187. The molecule has 5 rings (SSSR count). The first kappa shape index (κ1) is 19.5. The first-order valence-corrected chi connectivity index (χ1v) is 11.9. The summed E-state index contributed by atoms with van der Waals surface area (Å²) >= 11 is 3.27. The molecule has 1 aliphatic heterocycles.